The van der Waals surface area contributed by atoms with Gasteiger partial charge in [-0.3, -0.25) is 0 Å². The first-order valence-electron chi connectivity index (χ1n) is 5.06. The predicted molar refractivity (Wildman–Crippen MR) is 54.3 cm³/mol. The zero-order valence-corrected chi connectivity index (χ0v) is 9.38. The van der Waals surface area contributed by atoms with Gasteiger partial charge in [-0.15, -0.1) is 11.6 Å². The third kappa shape index (κ3) is 3.12. The Morgan fingerprint density at radius 1 is 1.46 bits per heavy atom. The van der Waals surface area contributed by atoms with Crippen LogP contribution >= 0.6 is 11.6 Å². The molecule has 1 fully saturated rings. The molecule has 3 heteroatoms. The summed E-state index contributed by atoms with van der Waals surface area (Å²) in [6, 6.07) is 0. The van der Waals surface area contributed by atoms with E-state index in [1.54, 1.807) is 0 Å². The van der Waals surface area contributed by atoms with Crippen molar-refractivity contribution in [3.63, 3.8) is 0 Å². The molecule has 3 atom stereocenters. The van der Waals surface area contributed by atoms with Gasteiger partial charge in [0.25, 0.3) is 0 Å². The highest BCUT2D eigenvalue weighted by Crippen LogP contribution is 2.32. The molecule has 1 saturated carbocycles. The van der Waals surface area contributed by atoms with E-state index in [1.165, 1.54) is 0 Å². The Labute approximate surface area is 85.5 Å². The van der Waals surface area contributed by atoms with Crippen LogP contribution in [0, 0.1) is 0 Å². The topological polar surface area (TPSA) is 18.5 Å². The van der Waals surface area contributed by atoms with Crippen molar-refractivity contribution in [2.75, 3.05) is 6.61 Å². The molecule has 2 nitrogen and oxygen atoms in total. The molecule has 13 heavy (non-hydrogen) atoms. The van der Waals surface area contributed by atoms with Crippen LogP contribution in [0.3, 0.4) is 0 Å². The molecule has 0 aromatic carbocycles. The van der Waals surface area contributed by atoms with E-state index in [1.807, 2.05) is 13.8 Å². The second kappa shape index (κ2) is 5.18. The van der Waals surface area contributed by atoms with Crippen LogP contribution in [0.4, 0.5) is 0 Å². The molecule has 0 saturated heterocycles. The van der Waals surface area contributed by atoms with Gasteiger partial charge in [-0.1, -0.05) is 6.92 Å². The van der Waals surface area contributed by atoms with Crippen LogP contribution in [-0.2, 0) is 9.47 Å². The molecule has 78 valence electrons. The van der Waals surface area contributed by atoms with Crippen molar-refractivity contribution in [3.8, 4) is 0 Å². The summed E-state index contributed by atoms with van der Waals surface area (Å²) in [5.41, 5.74) is 0. The first-order chi connectivity index (χ1) is 6.15. The molecular formula is C10H19ClO2. The lowest BCUT2D eigenvalue weighted by Gasteiger charge is -2.41. The quantitative estimate of drug-likeness (QED) is 0.644. The van der Waals surface area contributed by atoms with Gasteiger partial charge in [0.2, 0.25) is 0 Å². The van der Waals surface area contributed by atoms with Gasteiger partial charge in [0, 0.05) is 6.61 Å². The molecule has 0 aromatic heterocycles. The first-order valence-corrected chi connectivity index (χ1v) is 5.50. The van der Waals surface area contributed by atoms with Gasteiger partial charge in [-0.2, -0.15) is 0 Å². The maximum atomic E-state index is 6.02. The molecule has 0 bridgehead atoms. The van der Waals surface area contributed by atoms with Crippen molar-refractivity contribution in [1.29, 1.82) is 0 Å². The van der Waals surface area contributed by atoms with E-state index in [4.69, 9.17) is 21.1 Å². The minimum atomic E-state index is 0.115. The Kier molecular flexibility index (Phi) is 4.50. The first kappa shape index (κ1) is 11.3. The Morgan fingerprint density at radius 2 is 2.15 bits per heavy atom. The zero-order chi connectivity index (χ0) is 9.84. The lowest BCUT2D eigenvalue weighted by Crippen LogP contribution is -2.51. The average molecular weight is 207 g/mol. The van der Waals surface area contributed by atoms with E-state index in [0.29, 0.717) is 0 Å². The second-order valence-corrected chi connectivity index (χ2v) is 4.37. The van der Waals surface area contributed by atoms with Gasteiger partial charge in [0.1, 0.15) is 6.10 Å². The maximum absolute atomic E-state index is 6.02. The number of ether oxygens (including phenoxy) is 2. The van der Waals surface area contributed by atoms with E-state index < -0.39 is 0 Å². The van der Waals surface area contributed by atoms with E-state index in [0.717, 1.165) is 19.4 Å². The minimum Gasteiger partial charge on any atom is -0.374 e. The van der Waals surface area contributed by atoms with Gasteiger partial charge >= 0.3 is 0 Å². The molecule has 0 spiro atoms. The molecule has 0 radical (unpaired) electrons. The molecule has 0 aromatic rings. The lowest BCUT2D eigenvalue weighted by molar-refractivity contribution is -0.140. The smallest absolute Gasteiger partial charge is 0.100 e. The van der Waals surface area contributed by atoms with Gasteiger partial charge in [-0.25, -0.2) is 0 Å². The fraction of sp³-hybridized carbons (Fsp3) is 1.00. The molecule has 1 aliphatic carbocycles. The fourth-order valence-electron chi connectivity index (χ4n) is 1.48. The summed E-state index contributed by atoms with van der Waals surface area (Å²) in [5.74, 6) is 0. The van der Waals surface area contributed by atoms with Crippen molar-refractivity contribution < 1.29 is 9.47 Å². The van der Waals surface area contributed by atoms with E-state index >= 15 is 0 Å². The molecule has 1 rings (SSSR count). The van der Waals surface area contributed by atoms with Crippen molar-refractivity contribution in [2.45, 2.75) is 57.3 Å². The second-order valence-electron chi connectivity index (χ2n) is 3.81. The number of rotatable bonds is 5. The third-order valence-corrected chi connectivity index (χ3v) is 2.57. The van der Waals surface area contributed by atoms with Crippen molar-refractivity contribution >= 4 is 11.6 Å². The standard InChI is InChI=1S/C10H19ClO2/c1-4-5-12-10-8(11)6-9(10)13-7(2)3/h7-10H,4-6H2,1-3H3. The summed E-state index contributed by atoms with van der Waals surface area (Å²) in [6.45, 7) is 6.96. The largest absolute Gasteiger partial charge is 0.374 e. The van der Waals surface area contributed by atoms with E-state index in [2.05, 4.69) is 6.92 Å². The molecule has 1 aliphatic rings. The van der Waals surface area contributed by atoms with Crippen LogP contribution in [0.2, 0.25) is 0 Å². The summed E-state index contributed by atoms with van der Waals surface area (Å²) in [4.78, 5) is 0. The molecule has 0 amide bonds. The Hall–Kier alpha value is 0.210. The molecule has 0 N–H and O–H groups in total. The normalized spacial score (nSPS) is 33.5. The van der Waals surface area contributed by atoms with Crippen molar-refractivity contribution in [3.05, 3.63) is 0 Å². The number of alkyl halides is 1. The Balaban J connectivity index is 2.24. The average Bonchev–Trinajstić information content (AvgIpc) is 2.03. The van der Waals surface area contributed by atoms with Crippen LogP contribution < -0.4 is 0 Å². The minimum absolute atomic E-state index is 0.115. The molecule has 0 heterocycles. The summed E-state index contributed by atoms with van der Waals surface area (Å²) < 4.78 is 11.3. The van der Waals surface area contributed by atoms with Gasteiger partial charge in [0.15, 0.2) is 0 Å². The predicted octanol–water partition coefficient (Wildman–Crippen LogP) is 2.59. The lowest BCUT2D eigenvalue weighted by atomic mass is 9.90. The van der Waals surface area contributed by atoms with Crippen LogP contribution in [-0.4, -0.2) is 30.3 Å². The highest BCUT2D eigenvalue weighted by molar-refractivity contribution is 6.21. The van der Waals surface area contributed by atoms with Gasteiger partial charge < -0.3 is 9.47 Å². The van der Waals surface area contributed by atoms with Gasteiger partial charge in [0.05, 0.1) is 17.6 Å². The highest BCUT2D eigenvalue weighted by atomic mass is 35.5. The van der Waals surface area contributed by atoms with Crippen molar-refractivity contribution in [2.24, 2.45) is 0 Å². The summed E-state index contributed by atoms with van der Waals surface area (Å²) in [7, 11) is 0. The molecule has 3 unspecified atom stereocenters. The van der Waals surface area contributed by atoms with Crippen LogP contribution in [0.1, 0.15) is 33.6 Å². The molecular weight excluding hydrogens is 188 g/mol. The van der Waals surface area contributed by atoms with Crippen LogP contribution in [0.15, 0.2) is 0 Å². The number of hydrogen-bond donors (Lipinski definition) is 0. The van der Waals surface area contributed by atoms with E-state index in [-0.39, 0.29) is 23.7 Å². The third-order valence-electron chi connectivity index (χ3n) is 2.14. The van der Waals surface area contributed by atoms with Crippen LogP contribution in [0.25, 0.3) is 0 Å². The van der Waals surface area contributed by atoms with Crippen LogP contribution in [0.5, 0.6) is 0 Å². The number of hydrogen-bond acceptors (Lipinski definition) is 2. The SMILES string of the molecule is CCCOC1C(Cl)CC1OC(C)C. The van der Waals surface area contributed by atoms with Crippen molar-refractivity contribution in [1.82, 2.24) is 0 Å². The summed E-state index contributed by atoms with van der Waals surface area (Å²) >= 11 is 6.02. The Bertz CT molecular complexity index is 150. The summed E-state index contributed by atoms with van der Waals surface area (Å²) in [6.07, 6.45) is 2.56. The van der Waals surface area contributed by atoms with E-state index in [9.17, 15) is 0 Å². The fourth-order valence-corrected chi connectivity index (χ4v) is 1.89. The maximum Gasteiger partial charge on any atom is 0.100 e. The highest BCUT2D eigenvalue weighted by Gasteiger charge is 2.41. The summed E-state index contributed by atoms with van der Waals surface area (Å²) in [5, 5.41) is 0.148. The monoisotopic (exact) mass is 206 g/mol. The zero-order valence-electron chi connectivity index (χ0n) is 8.63. The Morgan fingerprint density at radius 3 is 2.62 bits per heavy atom. The molecule has 0 aliphatic heterocycles. The number of halogens is 1. The van der Waals surface area contributed by atoms with Gasteiger partial charge in [-0.05, 0) is 26.7 Å².